The van der Waals surface area contributed by atoms with Gasteiger partial charge in [-0.25, -0.2) is 4.39 Å². The maximum absolute atomic E-state index is 13.0. The molecule has 0 aliphatic rings. The highest BCUT2D eigenvalue weighted by Crippen LogP contribution is 2.44. The molecule has 2 aromatic rings. The SMILES string of the molecule is Fc1ccc(-c2cccc(C(F)(F)F)c2C(F)(F)F)cc1. The van der Waals surface area contributed by atoms with E-state index in [0.717, 1.165) is 36.4 Å². The smallest absolute Gasteiger partial charge is 0.207 e. The monoisotopic (exact) mass is 308 g/mol. The van der Waals surface area contributed by atoms with Crippen molar-refractivity contribution in [2.75, 3.05) is 0 Å². The molecule has 2 aromatic carbocycles. The summed E-state index contributed by atoms with van der Waals surface area (Å²) in [4.78, 5) is 0. The van der Waals surface area contributed by atoms with Crippen LogP contribution >= 0.6 is 0 Å². The second-order valence-corrected chi connectivity index (χ2v) is 4.23. The Morgan fingerprint density at radius 2 is 1.24 bits per heavy atom. The lowest BCUT2D eigenvalue weighted by molar-refractivity contribution is -0.161. The van der Waals surface area contributed by atoms with Crippen LogP contribution in [0.25, 0.3) is 11.1 Å². The van der Waals surface area contributed by atoms with E-state index in [1.165, 1.54) is 0 Å². The molecular weight excluding hydrogens is 301 g/mol. The Balaban J connectivity index is 2.75. The minimum atomic E-state index is -5.18. The predicted molar refractivity (Wildman–Crippen MR) is 61.8 cm³/mol. The Hall–Kier alpha value is -2.05. The van der Waals surface area contributed by atoms with Gasteiger partial charge in [0.2, 0.25) is 0 Å². The van der Waals surface area contributed by atoms with E-state index >= 15 is 0 Å². The van der Waals surface area contributed by atoms with Crippen molar-refractivity contribution in [3.8, 4) is 11.1 Å². The lowest BCUT2D eigenvalue weighted by atomic mass is 9.94. The third kappa shape index (κ3) is 3.17. The van der Waals surface area contributed by atoms with Gasteiger partial charge in [-0.15, -0.1) is 0 Å². The molecule has 112 valence electrons. The zero-order valence-corrected chi connectivity index (χ0v) is 10.2. The van der Waals surface area contributed by atoms with Crippen molar-refractivity contribution in [2.45, 2.75) is 12.4 Å². The quantitative estimate of drug-likeness (QED) is 0.608. The van der Waals surface area contributed by atoms with Gasteiger partial charge in [0.15, 0.2) is 0 Å². The summed E-state index contributed by atoms with van der Waals surface area (Å²) in [5, 5.41) is 0. The fourth-order valence-corrected chi connectivity index (χ4v) is 1.96. The first-order valence-corrected chi connectivity index (χ1v) is 5.64. The first-order valence-electron chi connectivity index (χ1n) is 5.64. The standard InChI is InChI=1S/C14H7F7/c15-9-6-4-8(5-7-9)10-2-1-3-11(13(16,17)18)12(10)14(19,20)21/h1-7H. The van der Waals surface area contributed by atoms with E-state index in [1.54, 1.807) is 0 Å². The molecular formula is C14H7F7. The molecule has 7 heteroatoms. The highest BCUT2D eigenvalue weighted by molar-refractivity contribution is 5.69. The molecule has 0 atom stereocenters. The van der Waals surface area contributed by atoms with E-state index in [2.05, 4.69) is 0 Å². The van der Waals surface area contributed by atoms with E-state index < -0.39 is 34.9 Å². The van der Waals surface area contributed by atoms with Crippen molar-refractivity contribution >= 4 is 0 Å². The Morgan fingerprint density at radius 3 is 1.71 bits per heavy atom. The summed E-state index contributed by atoms with van der Waals surface area (Å²) in [6.07, 6.45) is -10.3. The van der Waals surface area contributed by atoms with Gasteiger partial charge in [0.05, 0.1) is 11.1 Å². The zero-order chi connectivity index (χ0) is 15.8. The topological polar surface area (TPSA) is 0 Å². The first kappa shape index (κ1) is 15.3. The highest BCUT2D eigenvalue weighted by Gasteiger charge is 2.44. The summed E-state index contributed by atoms with van der Waals surface area (Å²) in [5.74, 6) is -0.695. The molecule has 0 spiro atoms. The molecule has 0 aliphatic carbocycles. The lowest BCUT2D eigenvalue weighted by Crippen LogP contribution is -2.17. The van der Waals surface area contributed by atoms with Crippen molar-refractivity contribution in [1.29, 1.82) is 0 Å². The molecule has 21 heavy (non-hydrogen) atoms. The van der Waals surface area contributed by atoms with Crippen molar-refractivity contribution in [3.05, 3.63) is 59.4 Å². The molecule has 2 rings (SSSR count). The average Bonchev–Trinajstić information content (AvgIpc) is 2.36. The van der Waals surface area contributed by atoms with Crippen molar-refractivity contribution in [2.24, 2.45) is 0 Å². The second-order valence-electron chi connectivity index (χ2n) is 4.23. The Labute approximate surface area is 114 Å². The third-order valence-corrected chi connectivity index (χ3v) is 2.81. The predicted octanol–water partition coefficient (Wildman–Crippen LogP) is 5.53. The van der Waals surface area contributed by atoms with E-state index in [-0.39, 0.29) is 5.56 Å². The minimum Gasteiger partial charge on any atom is -0.207 e. The summed E-state index contributed by atoms with van der Waals surface area (Å²) in [7, 11) is 0. The minimum absolute atomic E-state index is 0.144. The van der Waals surface area contributed by atoms with E-state index in [1.807, 2.05) is 0 Å². The van der Waals surface area contributed by atoms with Gasteiger partial charge >= 0.3 is 12.4 Å². The highest BCUT2D eigenvalue weighted by atomic mass is 19.4. The second kappa shape index (κ2) is 5.05. The van der Waals surface area contributed by atoms with Crippen LogP contribution in [-0.4, -0.2) is 0 Å². The van der Waals surface area contributed by atoms with Gasteiger partial charge in [-0.05, 0) is 29.3 Å². The Morgan fingerprint density at radius 1 is 0.667 bits per heavy atom. The van der Waals surface area contributed by atoms with E-state index in [0.29, 0.717) is 6.07 Å². The van der Waals surface area contributed by atoms with Gasteiger partial charge in [0.25, 0.3) is 0 Å². The fraction of sp³-hybridized carbons (Fsp3) is 0.143. The van der Waals surface area contributed by atoms with Crippen LogP contribution in [-0.2, 0) is 12.4 Å². The molecule has 0 aliphatic heterocycles. The van der Waals surface area contributed by atoms with Gasteiger partial charge in [0.1, 0.15) is 5.82 Å². The van der Waals surface area contributed by atoms with Crippen molar-refractivity contribution in [3.63, 3.8) is 0 Å². The van der Waals surface area contributed by atoms with Crippen LogP contribution in [0.3, 0.4) is 0 Å². The number of halogens is 7. The van der Waals surface area contributed by atoms with Crippen LogP contribution < -0.4 is 0 Å². The molecule has 0 fully saturated rings. The normalized spacial score (nSPS) is 12.5. The summed E-state index contributed by atoms with van der Waals surface area (Å²) in [6.45, 7) is 0. The van der Waals surface area contributed by atoms with Crippen LogP contribution in [0.5, 0.6) is 0 Å². The summed E-state index contributed by atoms with van der Waals surface area (Å²) < 4.78 is 90.2. The van der Waals surface area contributed by atoms with E-state index in [4.69, 9.17) is 0 Å². The molecule has 0 nitrogen and oxygen atoms in total. The van der Waals surface area contributed by atoms with Crippen molar-refractivity contribution in [1.82, 2.24) is 0 Å². The number of benzene rings is 2. The zero-order valence-electron chi connectivity index (χ0n) is 10.2. The Bertz CT molecular complexity index is 636. The van der Waals surface area contributed by atoms with E-state index in [9.17, 15) is 30.7 Å². The van der Waals surface area contributed by atoms with Gasteiger partial charge in [0, 0.05) is 0 Å². The summed E-state index contributed by atoms with van der Waals surface area (Å²) in [6, 6.07) is 5.95. The first-order chi connectivity index (χ1) is 9.60. The largest absolute Gasteiger partial charge is 0.417 e. The lowest BCUT2D eigenvalue weighted by Gasteiger charge is -2.19. The third-order valence-electron chi connectivity index (χ3n) is 2.81. The van der Waals surface area contributed by atoms with Crippen molar-refractivity contribution < 1.29 is 30.7 Å². The number of hydrogen-bond acceptors (Lipinski definition) is 0. The fourth-order valence-electron chi connectivity index (χ4n) is 1.96. The van der Waals surface area contributed by atoms with Crippen LogP contribution in [0.1, 0.15) is 11.1 Å². The number of rotatable bonds is 1. The number of hydrogen-bond donors (Lipinski definition) is 0. The molecule has 0 aromatic heterocycles. The van der Waals surface area contributed by atoms with Gasteiger partial charge in [-0.1, -0.05) is 24.3 Å². The van der Waals surface area contributed by atoms with Gasteiger partial charge < -0.3 is 0 Å². The maximum atomic E-state index is 13.0. The molecule has 0 bridgehead atoms. The van der Waals surface area contributed by atoms with Crippen LogP contribution in [0.2, 0.25) is 0 Å². The van der Waals surface area contributed by atoms with Crippen LogP contribution in [0.15, 0.2) is 42.5 Å². The molecule has 0 amide bonds. The Kier molecular flexibility index (Phi) is 3.69. The summed E-state index contributed by atoms with van der Waals surface area (Å²) in [5.41, 5.74) is -4.33. The van der Waals surface area contributed by atoms with Gasteiger partial charge in [-0.3, -0.25) is 0 Å². The van der Waals surface area contributed by atoms with Crippen LogP contribution in [0.4, 0.5) is 30.7 Å². The molecule has 0 heterocycles. The maximum Gasteiger partial charge on any atom is 0.417 e. The van der Waals surface area contributed by atoms with Gasteiger partial charge in [-0.2, -0.15) is 26.3 Å². The molecule has 0 unspecified atom stereocenters. The molecule has 0 saturated heterocycles. The number of alkyl halides is 6. The average molecular weight is 308 g/mol. The molecule has 0 N–H and O–H groups in total. The molecule has 0 radical (unpaired) electrons. The van der Waals surface area contributed by atoms with Crippen LogP contribution in [0, 0.1) is 5.82 Å². The summed E-state index contributed by atoms with van der Waals surface area (Å²) >= 11 is 0. The molecule has 0 saturated carbocycles.